The first-order chi connectivity index (χ1) is 13.3. The van der Waals surface area contributed by atoms with Crippen LogP contribution < -0.4 is 0 Å². The van der Waals surface area contributed by atoms with E-state index in [0.717, 1.165) is 30.5 Å². The van der Waals surface area contributed by atoms with Crippen LogP contribution >= 0.6 is 22.7 Å². The first-order valence-electron chi connectivity index (χ1n) is 9.00. The summed E-state index contributed by atoms with van der Waals surface area (Å²) in [6.07, 6.45) is 0.912. The van der Waals surface area contributed by atoms with Crippen LogP contribution in [0.5, 0.6) is 0 Å². The van der Waals surface area contributed by atoms with Crippen LogP contribution in [0.1, 0.15) is 38.6 Å². The Labute approximate surface area is 164 Å². The molecule has 0 spiro atoms. The molecule has 1 aliphatic rings. The van der Waals surface area contributed by atoms with Crippen LogP contribution in [-0.2, 0) is 13.0 Å². The number of nitrogens with zero attached hydrogens (tertiary/aromatic N) is 4. The van der Waals surface area contributed by atoms with E-state index in [0.29, 0.717) is 5.56 Å². The Kier molecular flexibility index (Phi) is 4.06. The van der Waals surface area contributed by atoms with Crippen LogP contribution in [0.25, 0.3) is 11.0 Å². The molecular weight excluding hydrogens is 376 g/mol. The third-order valence-electron chi connectivity index (χ3n) is 5.10. The van der Waals surface area contributed by atoms with E-state index in [1.54, 1.807) is 22.7 Å². The van der Waals surface area contributed by atoms with E-state index in [1.807, 2.05) is 34.7 Å². The fourth-order valence-electron chi connectivity index (χ4n) is 3.79. The van der Waals surface area contributed by atoms with Gasteiger partial charge in [0.05, 0.1) is 11.6 Å². The number of carbonyl (C=O) groups excluding carboxylic acids is 1. The zero-order chi connectivity index (χ0) is 18.4. The highest BCUT2D eigenvalue weighted by atomic mass is 32.1. The molecule has 136 valence electrons. The first-order valence-corrected chi connectivity index (χ1v) is 10.8. The lowest BCUT2D eigenvalue weighted by molar-refractivity contribution is 0.0699. The van der Waals surface area contributed by atoms with Crippen molar-refractivity contribution in [2.24, 2.45) is 0 Å². The van der Waals surface area contributed by atoms with E-state index in [2.05, 4.69) is 39.3 Å². The van der Waals surface area contributed by atoms with Gasteiger partial charge in [-0.25, -0.2) is 4.68 Å². The van der Waals surface area contributed by atoms with Crippen molar-refractivity contribution in [3.05, 3.63) is 68.0 Å². The van der Waals surface area contributed by atoms with E-state index in [9.17, 15) is 4.79 Å². The van der Waals surface area contributed by atoms with Crippen molar-refractivity contribution in [1.82, 2.24) is 19.9 Å². The molecule has 0 unspecified atom stereocenters. The van der Waals surface area contributed by atoms with Crippen LogP contribution in [-0.4, -0.2) is 32.3 Å². The highest BCUT2D eigenvalue weighted by Gasteiger charge is 2.34. The molecule has 3 aromatic heterocycles. The van der Waals surface area contributed by atoms with E-state index in [-0.39, 0.29) is 11.9 Å². The molecule has 27 heavy (non-hydrogen) atoms. The molecular formula is C20H18N4OS2. The second-order valence-corrected chi connectivity index (χ2v) is 8.55. The first kappa shape index (κ1) is 16.6. The zero-order valence-corrected chi connectivity index (χ0v) is 16.5. The van der Waals surface area contributed by atoms with Crippen LogP contribution in [0.2, 0.25) is 0 Å². The van der Waals surface area contributed by atoms with Gasteiger partial charge in [-0.1, -0.05) is 11.3 Å². The molecule has 1 aromatic carbocycles. The number of fused-ring (bicyclic) bond motifs is 2. The van der Waals surface area contributed by atoms with E-state index < -0.39 is 0 Å². The Morgan fingerprint density at radius 2 is 2.15 bits per heavy atom. The summed E-state index contributed by atoms with van der Waals surface area (Å²) < 4.78 is 1.84. The van der Waals surface area contributed by atoms with Crippen LogP contribution in [0.4, 0.5) is 0 Å². The molecule has 1 aliphatic heterocycles. The van der Waals surface area contributed by atoms with Crippen molar-refractivity contribution >= 4 is 39.6 Å². The molecule has 1 amide bonds. The molecule has 0 saturated heterocycles. The number of amides is 1. The minimum absolute atomic E-state index is 0.00507. The SMILES string of the molecule is CCn1nnc2cc(C(=O)N3CCc4sccc4[C@@H]3c3cccs3)ccc21. The summed E-state index contributed by atoms with van der Waals surface area (Å²) in [4.78, 5) is 18.0. The molecule has 4 heterocycles. The van der Waals surface area contributed by atoms with Gasteiger partial charge in [0, 0.05) is 28.4 Å². The van der Waals surface area contributed by atoms with Crippen molar-refractivity contribution in [2.45, 2.75) is 25.9 Å². The Morgan fingerprint density at radius 3 is 2.96 bits per heavy atom. The Bertz CT molecular complexity index is 1110. The molecule has 1 atom stereocenters. The number of hydrogen-bond donors (Lipinski definition) is 0. The van der Waals surface area contributed by atoms with Gasteiger partial charge in [-0.15, -0.1) is 27.8 Å². The molecule has 4 aromatic rings. The van der Waals surface area contributed by atoms with Gasteiger partial charge < -0.3 is 4.90 Å². The summed E-state index contributed by atoms with van der Waals surface area (Å²) in [6, 6.07) is 12.1. The maximum Gasteiger partial charge on any atom is 0.254 e. The van der Waals surface area contributed by atoms with Gasteiger partial charge in [0.2, 0.25) is 0 Å². The van der Waals surface area contributed by atoms with Gasteiger partial charge in [0.25, 0.3) is 5.91 Å². The van der Waals surface area contributed by atoms with Gasteiger partial charge in [0.1, 0.15) is 5.52 Å². The van der Waals surface area contributed by atoms with Gasteiger partial charge in [0.15, 0.2) is 0 Å². The largest absolute Gasteiger partial charge is 0.326 e. The number of carbonyl (C=O) groups is 1. The van der Waals surface area contributed by atoms with Crippen molar-refractivity contribution in [1.29, 1.82) is 0 Å². The van der Waals surface area contributed by atoms with Crippen molar-refractivity contribution in [3.8, 4) is 0 Å². The second-order valence-electron chi connectivity index (χ2n) is 6.57. The summed E-state index contributed by atoms with van der Waals surface area (Å²) in [5.74, 6) is 0.0539. The zero-order valence-electron chi connectivity index (χ0n) is 14.8. The van der Waals surface area contributed by atoms with Gasteiger partial charge in [-0.05, 0) is 60.0 Å². The average Bonchev–Trinajstić information content (AvgIpc) is 3.46. The number of aryl methyl sites for hydroxylation is 1. The maximum absolute atomic E-state index is 13.4. The molecule has 7 heteroatoms. The fourth-order valence-corrected chi connectivity index (χ4v) is 5.55. The minimum atomic E-state index is -0.00507. The lowest BCUT2D eigenvalue weighted by Crippen LogP contribution is -2.39. The normalized spacial score (nSPS) is 16.6. The van der Waals surface area contributed by atoms with Gasteiger partial charge in [-0.2, -0.15) is 0 Å². The standard InChI is InChI=1S/C20H18N4OS2/c1-2-24-16-6-5-13(12-15(16)21-22-24)20(25)23-9-7-17-14(8-11-27-17)19(23)18-4-3-10-26-18/h3-6,8,10-12,19H,2,7,9H2,1H3/t19-/m1/s1. The number of aromatic nitrogens is 3. The molecule has 5 rings (SSSR count). The molecule has 0 fully saturated rings. The third kappa shape index (κ3) is 2.69. The highest BCUT2D eigenvalue weighted by molar-refractivity contribution is 7.10. The van der Waals surface area contributed by atoms with Crippen LogP contribution in [0, 0.1) is 0 Å². The fraction of sp³-hybridized carbons (Fsp3) is 0.250. The smallest absolute Gasteiger partial charge is 0.254 e. The quantitative estimate of drug-likeness (QED) is 0.519. The predicted molar refractivity (Wildman–Crippen MR) is 108 cm³/mol. The summed E-state index contributed by atoms with van der Waals surface area (Å²) in [7, 11) is 0. The Morgan fingerprint density at radius 1 is 1.22 bits per heavy atom. The molecule has 0 N–H and O–H groups in total. The lowest BCUT2D eigenvalue weighted by atomic mass is 9.97. The van der Waals surface area contributed by atoms with Crippen LogP contribution in [0.15, 0.2) is 47.2 Å². The number of rotatable bonds is 3. The molecule has 0 aliphatic carbocycles. The average molecular weight is 395 g/mol. The number of benzene rings is 1. The molecule has 0 radical (unpaired) electrons. The van der Waals surface area contributed by atoms with Crippen molar-refractivity contribution in [2.75, 3.05) is 6.54 Å². The van der Waals surface area contributed by atoms with E-state index >= 15 is 0 Å². The monoisotopic (exact) mass is 394 g/mol. The second kappa shape index (κ2) is 6.58. The third-order valence-corrected chi connectivity index (χ3v) is 7.02. The van der Waals surface area contributed by atoms with E-state index in [4.69, 9.17) is 0 Å². The Hall–Kier alpha value is -2.51. The summed E-state index contributed by atoms with van der Waals surface area (Å²) in [5, 5.41) is 12.6. The summed E-state index contributed by atoms with van der Waals surface area (Å²) >= 11 is 3.50. The molecule has 5 nitrogen and oxygen atoms in total. The van der Waals surface area contributed by atoms with Crippen LogP contribution in [0.3, 0.4) is 0 Å². The molecule has 0 bridgehead atoms. The lowest BCUT2D eigenvalue weighted by Gasteiger charge is -2.35. The topological polar surface area (TPSA) is 51.0 Å². The van der Waals surface area contributed by atoms with Crippen molar-refractivity contribution in [3.63, 3.8) is 0 Å². The highest BCUT2D eigenvalue weighted by Crippen LogP contribution is 2.40. The Balaban J connectivity index is 1.55. The summed E-state index contributed by atoms with van der Waals surface area (Å²) in [6.45, 7) is 3.52. The maximum atomic E-state index is 13.4. The molecule has 0 saturated carbocycles. The van der Waals surface area contributed by atoms with Crippen molar-refractivity contribution < 1.29 is 4.79 Å². The number of hydrogen-bond acceptors (Lipinski definition) is 5. The van der Waals surface area contributed by atoms with Gasteiger partial charge in [-0.3, -0.25) is 4.79 Å². The minimum Gasteiger partial charge on any atom is -0.326 e. The van der Waals surface area contributed by atoms with E-state index in [1.165, 1.54) is 15.3 Å². The summed E-state index contributed by atoms with van der Waals surface area (Å²) in [5.41, 5.74) is 3.66. The predicted octanol–water partition coefficient (Wildman–Crippen LogP) is 4.36. The van der Waals surface area contributed by atoms with Gasteiger partial charge >= 0.3 is 0 Å². The number of thiophene rings is 2.